The number of rotatable bonds is 5. The van der Waals surface area contributed by atoms with Crippen molar-refractivity contribution >= 4 is 35.7 Å². The normalized spacial score (nSPS) is 15.6. The summed E-state index contributed by atoms with van der Waals surface area (Å²) in [5.74, 6) is -0.210. The molecule has 1 fully saturated rings. The molecule has 0 radical (unpaired) electrons. The van der Waals surface area contributed by atoms with Crippen molar-refractivity contribution in [2.45, 2.75) is 25.8 Å². The van der Waals surface area contributed by atoms with Crippen molar-refractivity contribution in [3.05, 3.63) is 64.9 Å². The first-order chi connectivity index (χ1) is 13.1. The van der Waals surface area contributed by atoms with Gasteiger partial charge in [0.1, 0.15) is 5.82 Å². The van der Waals surface area contributed by atoms with Gasteiger partial charge in [0.15, 0.2) is 0 Å². The third-order valence-electron chi connectivity index (χ3n) is 4.95. The third-order valence-corrected chi connectivity index (χ3v) is 5.21. The zero-order valence-electron chi connectivity index (χ0n) is 15.9. The van der Waals surface area contributed by atoms with Crippen molar-refractivity contribution in [1.29, 1.82) is 0 Å². The van der Waals surface area contributed by atoms with Gasteiger partial charge in [0.25, 0.3) is 0 Å². The smallest absolute Gasteiger partial charge is 0.321 e. The summed E-state index contributed by atoms with van der Waals surface area (Å²) in [5, 5.41) is 3.56. The van der Waals surface area contributed by atoms with Gasteiger partial charge in [-0.1, -0.05) is 37.1 Å². The lowest BCUT2D eigenvalue weighted by Crippen LogP contribution is -2.50. The Morgan fingerprint density at radius 3 is 2.25 bits per heavy atom. The van der Waals surface area contributed by atoms with Crippen LogP contribution in [0, 0.1) is 5.82 Å². The summed E-state index contributed by atoms with van der Waals surface area (Å²) in [6.45, 7) is 5.10. The average molecular weight is 426 g/mol. The largest absolute Gasteiger partial charge is 0.322 e. The minimum atomic E-state index is -0.210. The van der Waals surface area contributed by atoms with Crippen LogP contribution in [0.5, 0.6) is 0 Å². The standard InChI is InChI=1S/C21H25ClFN3O.ClH/c1-2-3-20(16-4-8-18(23)9-5-16)25-12-14-26(15-13-25)21(27)24-19-10-6-17(22)7-11-19;/h4-11,20H,2-3,12-15H2,1H3,(H,24,27);1H. The van der Waals surface area contributed by atoms with Crippen LogP contribution in [0.15, 0.2) is 48.5 Å². The predicted molar refractivity (Wildman–Crippen MR) is 115 cm³/mol. The quantitative estimate of drug-likeness (QED) is 0.677. The molecule has 2 aromatic rings. The highest BCUT2D eigenvalue weighted by atomic mass is 35.5. The fraction of sp³-hybridized carbons (Fsp3) is 0.381. The molecular weight excluding hydrogens is 400 g/mol. The van der Waals surface area contributed by atoms with E-state index in [2.05, 4.69) is 17.1 Å². The Hall–Kier alpha value is -1.82. The summed E-state index contributed by atoms with van der Waals surface area (Å²) < 4.78 is 13.2. The van der Waals surface area contributed by atoms with Crippen LogP contribution in [0.4, 0.5) is 14.9 Å². The van der Waals surface area contributed by atoms with Crippen LogP contribution in [-0.4, -0.2) is 42.0 Å². The molecule has 152 valence electrons. The molecule has 7 heteroatoms. The van der Waals surface area contributed by atoms with Gasteiger partial charge >= 0.3 is 6.03 Å². The van der Waals surface area contributed by atoms with E-state index in [1.165, 1.54) is 12.1 Å². The van der Waals surface area contributed by atoms with E-state index < -0.39 is 0 Å². The summed E-state index contributed by atoms with van der Waals surface area (Å²) in [6.07, 6.45) is 2.07. The molecule has 0 aromatic heterocycles. The number of carbonyl (C=O) groups is 1. The first kappa shape index (κ1) is 22.5. The van der Waals surface area contributed by atoms with Gasteiger partial charge in [0, 0.05) is 42.9 Å². The van der Waals surface area contributed by atoms with Gasteiger partial charge in [-0.3, -0.25) is 4.90 Å². The maximum absolute atomic E-state index is 13.2. The number of halogens is 3. The number of piperazine rings is 1. The second kappa shape index (κ2) is 10.6. The summed E-state index contributed by atoms with van der Waals surface area (Å²) in [5.41, 5.74) is 1.87. The topological polar surface area (TPSA) is 35.6 Å². The van der Waals surface area contributed by atoms with Crippen LogP contribution >= 0.6 is 24.0 Å². The highest BCUT2D eigenvalue weighted by Crippen LogP contribution is 2.27. The van der Waals surface area contributed by atoms with E-state index >= 15 is 0 Å². The molecular formula is C21H26Cl2FN3O. The maximum Gasteiger partial charge on any atom is 0.321 e. The molecule has 0 bridgehead atoms. The molecule has 0 saturated carbocycles. The molecule has 2 aromatic carbocycles. The van der Waals surface area contributed by atoms with Crippen LogP contribution in [0.2, 0.25) is 5.02 Å². The Bertz CT molecular complexity index is 747. The summed E-state index contributed by atoms with van der Waals surface area (Å²) in [6, 6.07) is 14.1. The number of anilines is 1. The molecule has 1 N–H and O–H groups in total. The van der Waals surface area contributed by atoms with Gasteiger partial charge in [0.2, 0.25) is 0 Å². The number of hydrogen-bond donors (Lipinski definition) is 1. The van der Waals surface area contributed by atoms with E-state index in [-0.39, 0.29) is 30.3 Å². The highest BCUT2D eigenvalue weighted by Gasteiger charge is 2.26. The van der Waals surface area contributed by atoms with E-state index in [0.29, 0.717) is 18.1 Å². The minimum Gasteiger partial charge on any atom is -0.322 e. The van der Waals surface area contributed by atoms with Gasteiger partial charge in [-0.05, 0) is 48.4 Å². The molecule has 1 atom stereocenters. The second-order valence-electron chi connectivity index (χ2n) is 6.82. The van der Waals surface area contributed by atoms with Gasteiger partial charge in [-0.2, -0.15) is 0 Å². The third kappa shape index (κ3) is 5.84. The number of nitrogens with one attached hydrogen (secondary N) is 1. The van der Waals surface area contributed by atoms with Crippen molar-refractivity contribution in [2.24, 2.45) is 0 Å². The molecule has 0 aliphatic carbocycles. The zero-order valence-corrected chi connectivity index (χ0v) is 17.5. The molecule has 1 unspecified atom stereocenters. The number of hydrogen-bond acceptors (Lipinski definition) is 2. The molecule has 0 spiro atoms. The number of benzene rings is 2. The van der Waals surface area contributed by atoms with Gasteiger partial charge in [-0.25, -0.2) is 9.18 Å². The molecule has 4 nitrogen and oxygen atoms in total. The Morgan fingerprint density at radius 2 is 1.68 bits per heavy atom. The first-order valence-electron chi connectivity index (χ1n) is 9.38. The fourth-order valence-electron chi connectivity index (χ4n) is 3.49. The van der Waals surface area contributed by atoms with E-state index in [1.807, 2.05) is 17.0 Å². The lowest BCUT2D eigenvalue weighted by Gasteiger charge is -2.39. The van der Waals surface area contributed by atoms with Crippen LogP contribution in [0.3, 0.4) is 0 Å². The predicted octanol–water partition coefficient (Wildman–Crippen LogP) is 5.59. The van der Waals surface area contributed by atoms with Crippen molar-refractivity contribution in [3.8, 4) is 0 Å². The molecule has 1 aliphatic heterocycles. The van der Waals surface area contributed by atoms with E-state index in [0.717, 1.165) is 37.2 Å². The Morgan fingerprint density at radius 1 is 1.07 bits per heavy atom. The molecule has 1 saturated heterocycles. The van der Waals surface area contributed by atoms with E-state index in [4.69, 9.17) is 11.6 Å². The number of carbonyl (C=O) groups excluding carboxylic acids is 1. The average Bonchev–Trinajstić information content (AvgIpc) is 2.69. The zero-order chi connectivity index (χ0) is 19.2. The number of amides is 2. The fourth-order valence-corrected chi connectivity index (χ4v) is 3.62. The van der Waals surface area contributed by atoms with Crippen molar-refractivity contribution in [3.63, 3.8) is 0 Å². The summed E-state index contributed by atoms with van der Waals surface area (Å²) in [4.78, 5) is 16.7. The van der Waals surface area contributed by atoms with Crippen LogP contribution in [0.1, 0.15) is 31.4 Å². The SMILES string of the molecule is CCCC(c1ccc(F)cc1)N1CCN(C(=O)Nc2ccc(Cl)cc2)CC1.Cl. The van der Waals surface area contributed by atoms with Gasteiger partial charge in [-0.15, -0.1) is 12.4 Å². The highest BCUT2D eigenvalue weighted by molar-refractivity contribution is 6.30. The lowest BCUT2D eigenvalue weighted by molar-refractivity contribution is 0.108. The first-order valence-corrected chi connectivity index (χ1v) is 9.75. The maximum atomic E-state index is 13.2. The Kier molecular flexibility index (Phi) is 8.55. The van der Waals surface area contributed by atoms with Crippen molar-refractivity contribution in [1.82, 2.24) is 9.80 Å². The Balaban J connectivity index is 0.00000280. The van der Waals surface area contributed by atoms with Gasteiger partial charge < -0.3 is 10.2 Å². The second-order valence-corrected chi connectivity index (χ2v) is 7.25. The van der Waals surface area contributed by atoms with E-state index in [9.17, 15) is 9.18 Å². The lowest BCUT2D eigenvalue weighted by atomic mass is 10.00. The summed E-state index contributed by atoms with van der Waals surface area (Å²) >= 11 is 5.88. The van der Waals surface area contributed by atoms with Crippen molar-refractivity contribution in [2.75, 3.05) is 31.5 Å². The van der Waals surface area contributed by atoms with Crippen LogP contribution < -0.4 is 5.32 Å². The molecule has 1 aliphatic rings. The molecule has 28 heavy (non-hydrogen) atoms. The minimum absolute atomic E-state index is 0. The van der Waals surface area contributed by atoms with Crippen molar-refractivity contribution < 1.29 is 9.18 Å². The number of urea groups is 1. The molecule has 1 heterocycles. The number of nitrogens with zero attached hydrogens (tertiary/aromatic N) is 2. The Labute approximate surface area is 177 Å². The summed E-state index contributed by atoms with van der Waals surface area (Å²) in [7, 11) is 0. The van der Waals surface area contributed by atoms with Crippen LogP contribution in [0.25, 0.3) is 0 Å². The van der Waals surface area contributed by atoms with Gasteiger partial charge in [0.05, 0.1) is 0 Å². The molecule has 2 amide bonds. The van der Waals surface area contributed by atoms with Crippen LogP contribution in [-0.2, 0) is 0 Å². The monoisotopic (exact) mass is 425 g/mol. The van der Waals surface area contributed by atoms with E-state index in [1.54, 1.807) is 24.3 Å². The molecule has 3 rings (SSSR count).